The lowest BCUT2D eigenvalue weighted by Crippen LogP contribution is -2.40. The van der Waals surface area contributed by atoms with Crippen LogP contribution in [0.3, 0.4) is 0 Å². The minimum Gasteiger partial charge on any atom is -0.493 e. The molecule has 1 aromatic heterocycles. The average molecular weight is 595 g/mol. The highest BCUT2D eigenvalue weighted by molar-refractivity contribution is 7.07. The van der Waals surface area contributed by atoms with E-state index in [0.717, 1.165) is 0 Å². The minimum absolute atomic E-state index is 0.173. The fourth-order valence-electron chi connectivity index (χ4n) is 4.67. The molecule has 11 heteroatoms. The second-order valence-corrected chi connectivity index (χ2v) is 10.0. The molecule has 2 aromatic carbocycles. The molecule has 222 valence electrons. The van der Waals surface area contributed by atoms with Crippen molar-refractivity contribution in [3.63, 3.8) is 0 Å². The molecule has 0 fully saturated rings. The van der Waals surface area contributed by atoms with Gasteiger partial charge >= 0.3 is 5.97 Å². The summed E-state index contributed by atoms with van der Waals surface area (Å²) in [4.78, 5) is 32.4. The summed E-state index contributed by atoms with van der Waals surface area (Å²) in [6, 6.07) is 8.04. The average Bonchev–Trinajstić information content (AvgIpc) is 3.29. The van der Waals surface area contributed by atoms with Crippen molar-refractivity contribution < 1.29 is 33.2 Å². The van der Waals surface area contributed by atoms with Crippen LogP contribution in [0.1, 0.15) is 37.9 Å². The first-order chi connectivity index (χ1) is 20.3. The molecule has 1 aliphatic heterocycles. The van der Waals surface area contributed by atoms with Crippen molar-refractivity contribution in [2.45, 2.75) is 26.8 Å². The number of fused-ring (bicyclic) bond motifs is 1. The topological polar surface area (TPSA) is 107 Å². The number of allylic oxidation sites excluding steroid dienone is 1. The lowest BCUT2D eigenvalue weighted by Gasteiger charge is -2.25. The van der Waals surface area contributed by atoms with Crippen LogP contribution in [0, 0.1) is 0 Å². The molecule has 0 N–H and O–H groups in total. The molecule has 3 aromatic rings. The van der Waals surface area contributed by atoms with Gasteiger partial charge in [0.15, 0.2) is 27.8 Å². The van der Waals surface area contributed by atoms with Gasteiger partial charge in [0.05, 0.1) is 56.4 Å². The van der Waals surface area contributed by atoms with Crippen LogP contribution in [0.25, 0.3) is 6.08 Å². The molecule has 1 aliphatic rings. The van der Waals surface area contributed by atoms with Crippen molar-refractivity contribution in [3.05, 3.63) is 85.1 Å². The van der Waals surface area contributed by atoms with Crippen molar-refractivity contribution in [1.82, 2.24) is 4.57 Å². The van der Waals surface area contributed by atoms with Crippen molar-refractivity contribution in [3.8, 4) is 28.7 Å². The molecular weight excluding hydrogens is 560 g/mol. The van der Waals surface area contributed by atoms with E-state index in [9.17, 15) is 9.59 Å². The van der Waals surface area contributed by atoms with Gasteiger partial charge in [-0.3, -0.25) is 9.36 Å². The Morgan fingerprint density at radius 1 is 1.00 bits per heavy atom. The molecule has 1 unspecified atom stereocenters. The van der Waals surface area contributed by atoms with Gasteiger partial charge in [0, 0.05) is 0 Å². The maximum absolute atomic E-state index is 14.0. The van der Waals surface area contributed by atoms with E-state index in [0.29, 0.717) is 68.1 Å². The number of rotatable bonds is 12. The SMILES string of the molecule is C=CCOc1ccc(C2C(C(=O)OCC)=C(C)N=c3s/c(=C/c4cc(OC)c(OC)c(OC)c4)c(=O)n32)cc1OCC. The van der Waals surface area contributed by atoms with Crippen LogP contribution in [0.15, 0.2) is 64.0 Å². The van der Waals surface area contributed by atoms with Crippen LogP contribution in [0.2, 0.25) is 0 Å². The zero-order chi connectivity index (χ0) is 30.4. The predicted molar refractivity (Wildman–Crippen MR) is 160 cm³/mol. The van der Waals surface area contributed by atoms with E-state index in [-0.39, 0.29) is 17.7 Å². The highest BCUT2D eigenvalue weighted by Crippen LogP contribution is 2.39. The van der Waals surface area contributed by atoms with Crippen molar-refractivity contribution in [1.29, 1.82) is 0 Å². The van der Waals surface area contributed by atoms with Crippen LogP contribution in [0.4, 0.5) is 0 Å². The molecule has 0 aliphatic carbocycles. The third kappa shape index (κ3) is 5.91. The smallest absolute Gasteiger partial charge is 0.338 e. The number of thiazole rings is 1. The first-order valence-electron chi connectivity index (χ1n) is 13.3. The van der Waals surface area contributed by atoms with Gasteiger partial charge in [-0.15, -0.1) is 0 Å². The first-order valence-corrected chi connectivity index (χ1v) is 14.1. The number of benzene rings is 2. The Labute approximate surface area is 247 Å². The van der Waals surface area contributed by atoms with Gasteiger partial charge in [-0.2, -0.15) is 0 Å². The van der Waals surface area contributed by atoms with Crippen molar-refractivity contribution in [2.75, 3.05) is 41.2 Å². The molecule has 10 nitrogen and oxygen atoms in total. The minimum atomic E-state index is -0.810. The first kappa shape index (κ1) is 30.4. The lowest BCUT2D eigenvalue weighted by atomic mass is 9.95. The van der Waals surface area contributed by atoms with Crippen molar-refractivity contribution in [2.24, 2.45) is 4.99 Å². The molecule has 0 saturated heterocycles. The highest BCUT2D eigenvalue weighted by atomic mass is 32.1. The molecule has 2 heterocycles. The van der Waals surface area contributed by atoms with E-state index in [4.69, 9.17) is 28.4 Å². The summed E-state index contributed by atoms with van der Waals surface area (Å²) in [6.07, 6.45) is 3.37. The van der Waals surface area contributed by atoms with E-state index in [1.54, 1.807) is 56.3 Å². The van der Waals surface area contributed by atoms with E-state index >= 15 is 0 Å². The molecule has 0 bridgehead atoms. The molecule has 0 spiro atoms. The van der Waals surface area contributed by atoms with Gasteiger partial charge in [-0.1, -0.05) is 30.1 Å². The fraction of sp³-hybridized carbons (Fsp3) is 0.323. The number of esters is 1. The van der Waals surface area contributed by atoms with Crippen LogP contribution in [-0.2, 0) is 9.53 Å². The number of aromatic nitrogens is 1. The van der Waals surface area contributed by atoms with Crippen LogP contribution in [0.5, 0.6) is 28.7 Å². The van der Waals surface area contributed by atoms with Crippen molar-refractivity contribution >= 4 is 23.4 Å². The van der Waals surface area contributed by atoms with Crippen LogP contribution >= 0.6 is 11.3 Å². The second kappa shape index (κ2) is 13.4. The van der Waals surface area contributed by atoms with Gasteiger partial charge in [0.25, 0.3) is 5.56 Å². The molecule has 4 rings (SSSR count). The van der Waals surface area contributed by atoms with Crippen LogP contribution < -0.4 is 38.6 Å². The molecule has 1 atom stereocenters. The molecule has 0 radical (unpaired) electrons. The summed E-state index contributed by atoms with van der Waals surface area (Å²) in [7, 11) is 4.58. The zero-order valence-corrected chi connectivity index (χ0v) is 25.3. The summed E-state index contributed by atoms with van der Waals surface area (Å²) in [5.41, 5.74) is 1.71. The molecule has 0 amide bonds. The Hall–Kier alpha value is -4.51. The Kier molecular flexibility index (Phi) is 9.74. The zero-order valence-electron chi connectivity index (χ0n) is 24.5. The number of hydrogen-bond donors (Lipinski definition) is 0. The molecule has 42 heavy (non-hydrogen) atoms. The van der Waals surface area contributed by atoms with E-state index in [1.807, 2.05) is 6.92 Å². The Bertz CT molecular complexity index is 1680. The maximum atomic E-state index is 14.0. The van der Waals surface area contributed by atoms with E-state index in [1.165, 1.54) is 37.2 Å². The number of hydrogen-bond acceptors (Lipinski definition) is 10. The van der Waals surface area contributed by atoms with Gasteiger partial charge in [0.2, 0.25) is 5.75 Å². The molecule has 0 saturated carbocycles. The van der Waals surface area contributed by atoms with Gasteiger partial charge in [-0.05, 0) is 62.2 Å². The summed E-state index contributed by atoms with van der Waals surface area (Å²) in [5, 5.41) is 0. The van der Waals surface area contributed by atoms with Gasteiger partial charge in [-0.25, -0.2) is 9.79 Å². The Balaban J connectivity index is 1.95. The van der Waals surface area contributed by atoms with Gasteiger partial charge in [0.1, 0.15) is 6.61 Å². The summed E-state index contributed by atoms with van der Waals surface area (Å²) in [5.74, 6) is 1.81. The summed E-state index contributed by atoms with van der Waals surface area (Å²) in [6.45, 7) is 9.89. The number of methoxy groups -OCH3 is 3. The number of carbonyl (C=O) groups is 1. The third-order valence-corrected chi connectivity index (χ3v) is 7.42. The Morgan fingerprint density at radius 3 is 2.31 bits per heavy atom. The standard InChI is InChI=1S/C31H34N2O8S/c1-8-13-41-21-12-11-20(17-22(21)39-9-2)27-26(30(35)40-10-3)18(4)32-31-33(27)29(34)25(42-31)16-19-14-23(36-5)28(38-7)24(15-19)37-6/h8,11-12,14-17,27H,1,9-10,13H2,2-7H3/b25-16+. The Morgan fingerprint density at radius 2 is 1.71 bits per heavy atom. The molecular formula is C31H34N2O8S. The predicted octanol–water partition coefficient (Wildman–Crippen LogP) is 3.79. The second-order valence-electron chi connectivity index (χ2n) is 9.00. The fourth-order valence-corrected chi connectivity index (χ4v) is 5.72. The van der Waals surface area contributed by atoms with E-state index in [2.05, 4.69) is 11.6 Å². The van der Waals surface area contributed by atoms with Crippen LogP contribution in [-0.4, -0.2) is 51.7 Å². The van der Waals surface area contributed by atoms with Gasteiger partial charge < -0.3 is 28.4 Å². The monoisotopic (exact) mass is 594 g/mol. The maximum Gasteiger partial charge on any atom is 0.338 e. The number of ether oxygens (including phenoxy) is 6. The quantitative estimate of drug-likeness (QED) is 0.230. The van der Waals surface area contributed by atoms with E-state index < -0.39 is 12.0 Å². The number of nitrogens with zero attached hydrogens (tertiary/aromatic N) is 2. The normalized spacial score (nSPS) is 14.5. The number of carbonyl (C=O) groups excluding carboxylic acids is 1. The largest absolute Gasteiger partial charge is 0.493 e. The summed E-state index contributed by atoms with van der Waals surface area (Å²) >= 11 is 1.21. The third-order valence-electron chi connectivity index (χ3n) is 6.44. The lowest BCUT2D eigenvalue weighted by molar-refractivity contribution is -0.139. The highest BCUT2D eigenvalue weighted by Gasteiger charge is 2.34. The summed E-state index contributed by atoms with van der Waals surface area (Å²) < 4.78 is 35.3.